The largest absolute Gasteiger partial charge is 0.494 e. The Morgan fingerprint density at radius 3 is 2.59 bits per heavy atom. The third kappa shape index (κ3) is 4.36. The summed E-state index contributed by atoms with van der Waals surface area (Å²) in [7, 11) is 0. The highest BCUT2D eigenvalue weighted by molar-refractivity contribution is 5.36. The zero-order chi connectivity index (χ0) is 12.9. The number of hydrogen-bond donors (Lipinski definition) is 2. The predicted octanol–water partition coefficient (Wildman–Crippen LogP) is 2.22. The second-order valence-electron chi connectivity index (χ2n) is 4.97. The van der Waals surface area contributed by atoms with Gasteiger partial charge in [0, 0.05) is 18.6 Å². The van der Waals surface area contributed by atoms with Gasteiger partial charge < -0.3 is 15.8 Å². The van der Waals surface area contributed by atoms with Crippen LogP contribution in [0.2, 0.25) is 0 Å². The summed E-state index contributed by atoms with van der Waals surface area (Å²) in [6.45, 7) is 10.4. The highest BCUT2D eigenvalue weighted by Gasteiger charge is 2.13. The summed E-state index contributed by atoms with van der Waals surface area (Å²) in [5.74, 6) is 0.967. The fraction of sp³-hybridized carbons (Fsp3) is 0.571. The van der Waals surface area contributed by atoms with Crippen LogP contribution in [-0.2, 0) is 6.54 Å². The van der Waals surface area contributed by atoms with E-state index in [9.17, 15) is 0 Å². The molecular weight excluding hydrogens is 212 g/mol. The van der Waals surface area contributed by atoms with Gasteiger partial charge in [-0.05, 0) is 44.9 Å². The van der Waals surface area contributed by atoms with Gasteiger partial charge in [0.15, 0.2) is 0 Å². The summed E-state index contributed by atoms with van der Waals surface area (Å²) in [6, 6.07) is 6.29. The average Bonchev–Trinajstić information content (AvgIpc) is 2.30. The fourth-order valence-electron chi connectivity index (χ4n) is 1.55. The van der Waals surface area contributed by atoms with Crippen LogP contribution in [0.15, 0.2) is 18.2 Å². The van der Waals surface area contributed by atoms with E-state index in [0.29, 0.717) is 13.2 Å². The maximum absolute atomic E-state index is 5.68. The van der Waals surface area contributed by atoms with Crippen LogP contribution in [0.1, 0.15) is 31.9 Å². The number of nitrogens with two attached hydrogens (primary N) is 1. The minimum atomic E-state index is -0.0213. The number of ether oxygens (including phenoxy) is 1. The van der Waals surface area contributed by atoms with Crippen molar-refractivity contribution < 1.29 is 4.74 Å². The van der Waals surface area contributed by atoms with E-state index >= 15 is 0 Å². The topological polar surface area (TPSA) is 47.3 Å². The molecule has 1 aromatic rings. The standard InChI is InChI=1S/C14H24N2O/c1-5-17-13-7-6-12(8-11(13)2)9-16-14(3,4)10-15/h6-8,16H,5,9-10,15H2,1-4H3. The van der Waals surface area contributed by atoms with Crippen molar-refractivity contribution >= 4 is 0 Å². The third-order valence-electron chi connectivity index (χ3n) is 2.82. The first-order valence-electron chi connectivity index (χ1n) is 6.16. The van der Waals surface area contributed by atoms with Crippen molar-refractivity contribution in [2.24, 2.45) is 5.73 Å². The van der Waals surface area contributed by atoms with E-state index in [4.69, 9.17) is 10.5 Å². The Kier molecular flexibility index (Phi) is 4.97. The van der Waals surface area contributed by atoms with Gasteiger partial charge in [-0.1, -0.05) is 12.1 Å². The summed E-state index contributed by atoms with van der Waals surface area (Å²) in [5, 5.41) is 3.44. The molecule has 0 unspecified atom stereocenters. The monoisotopic (exact) mass is 236 g/mol. The van der Waals surface area contributed by atoms with Crippen LogP contribution in [-0.4, -0.2) is 18.7 Å². The van der Waals surface area contributed by atoms with Gasteiger partial charge in [-0.15, -0.1) is 0 Å². The molecule has 0 aliphatic carbocycles. The molecule has 0 aromatic heterocycles. The van der Waals surface area contributed by atoms with E-state index in [-0.39, 0.29) is 5.54 Å². The lowest BCUT2D eigenvalue weighted by atomic mass is 10.0. The molecule has 0 bridgehead atoms. The van der Waals surface area contributed by atoms with E-state index in [0.717, 1.165) is 12.3 Å². The average molecular weight is 236 g/mol. The van der Waals surface area contributed by atoms with Crippen molar-refractivity contribution in [2.45, 2.75) is 39.8 Å². The molecule has 3 nitrogen and oxygen atoms in total. The van der Waals surface area contributed by atoms with Crippen molar-refractivity contribution in [2.75, 3.05) is 13.2 Å². The number of aryl methyl sites for hydroxylation is 1. The van der Waals surface area contributed by atoms with Gasteiger partial charge in [0.25, 0.3) is 0 Å². The van der Waals surface area contributed by atoms with E-state index in [1.54, 1.807) is 0 Å². The maximum atomic E-state index is 5.68. The quantitative estimate of drug-likeness (QED) is 0.796. The summed E-state index contributed by atoms with van der Waals surface area (Å²) < 4.78 is 5.52. The molecule has 1 rings (SSSR count). The number of rotatable bonds is 6. The van der Waals surface area contributed by atoms with E-state index in [2.05, 4.69) is 38.2 Å². The van der Waals surface area contributed by atoms with Crippen LogP contribution in [0.25, 0.3) is 0 Å². The molecule has 0 aliphatic heterocycles. The van der Waals surface area contributed by atoms with Gasteiger partial charge in [-0.2, -0.15) is 0 Å². The van der Waals surface area contributed by atoms with Gasteiger partial charge in [-0.3, -0.25) is 0 Å². The Hall–Kier alpha value is -1.06. The molecule has 0 spiro atoms. The van der Waals surface area contributed by atoms with Gasteiger partial charge in [0.2, 0.25) is 0 Å². The van der Waals surface area contributed by atoms with Gasteiger partial charge >= 0.3 is 0 Å². The van der Waals surface area contributed by atoms with Crippen LogP contribution in [0.4, 0.5) is 0 Å². The molecule has 17 heavy (non-hydrogen) atoms. The second-order valence-corrected chi connectivity index (χ2v) is 4.97. The van der Waals surface area contributed by atoms with E-state index < -0.39 is 0 Å². The Morgan fingerprint density at radius 1 is 1.35 bits per heavy atom. The summed E-state index contributed by atoms with van der Waals surface area (Å²) in [6.07, 6.45) is 0. The van der Waals surface area contributed by atoms with E-state index in [1.165, 1.54) is 11.1 Å². The molecule has 3 N–H and O–H groups in total. The molecule has 96 valence electrons. The minimum absolute atomic E-state index is 0.0213. The smallest absolute Gasteiger partial charge is 0.122 e. The van der Waals surface area contributed by atoms with Crippen LogP contribution < -0.4 is 15.8 Å². The van der Waals surface area contributed by atoms with Crippen LogP contribution in [0, 0.1) is 6.92 Å². The van der Waals surface area contributed by atoms with Crippen molar-refractivity contribution in [3.63, 3.8) is 0 Å². The molecule has 0 heterocycles. The first-order valence-corrected chi connectivity index (χ1v) is 6.16. The molecule has 0 aliphatic rings. The SMILES string of the molecule is CCOc1ccc(CNC(C)(C)CN)cc1C. The number of benzene rings is 1. The summed E-state index contributed by atoms with van der Waals surface area (Å²) in [4.78, 5) is 0. The zero-order valence-electron chi connectivity index (χ0n) is 11.3. The lowest BCUT2D eigenvalue weighted by Gasteiger charge is -2.24. The first kappa shape index (κ1) is 14.0. The van der Waals surface area contributed by atoms with E-state index in [1.807, 2.05) is 13.0 Å². The van der Waals surface area contributed by atoms with Gasteiger partial charge in [0.1, 0.15) is 5.75 Å². The maximum Gasteiger partial charge on any atom is 0.122 e. The summed E-state index contributed by atoms with van der Waals surface area (Å²) >= 11 is 0. The molecule has 0 amide bonds. The molecular formula is C14H24N2O. The molecule has 0 radical (unpaired) electrons. The third-order valence-corrected chi connectivity index (χ3v) is 2.82. The minimum Gasteiger partial charge on any atom is -0.494 e. The normalized spacial score (nSPS) is 11.6. The molecule has 0 saturated carbocycles. The lowest BCUT2D eigenvalue weighted by Crippen LogP contribution is -2.45. The Bertz CT molecular complexity index is 361. The zero-order valence-corrected chi connectivity index (χ0v) is 11.3. The highest BCUT2D eigenvalue weighted by Crippen LogP contribution is 2.19. The van der Waals surface area contributed by atoms with Gasteiger partial charge in [-0.25, -0.2) is 0 Å². The second kappa shape index (κ2) is 6.03. The van der Waals surface area contributed by atoms with Crippen molar-refractivity contribution in [3.8, 4) is 5.75 Å². The number of nitrogens with one attached hydrogen (secondary N) is 1. The molecule has 3 heteroatoms. The molecule has 0 fully saturated rings. The fourth-order valence-corrected chi connectivity index (χ4v) is 1.55. The highest BCUT2D eigenvalue weighted by atomic mass is 16.5. The van der Waals surface area contributed by atoms with Crippen LogP contribution in [0.5, 0.6) is 5.75 Å². The molecule has 1 aromatic carbocycles. The van der Waals surface area contributed by atoms with Crippen molar-refractivity contribution in [1.29, 1.82) is 0 Å². The first-order chi connectivity index (χ1) is 7.98. The Balaban J connectivity index is 2.64. The lowest BCUT2D eigenvalue weighted by molar-refractivity contribution is 0.337. The van der Waals surface area contributed by atoms with Crippen molar-refractivity contribution in [3.05, 3.63) is 29.3 Å². The predicted molar refractivity (Wildman–Crippen MR) is 72.3 cm³/mol. The van der Waals surface area contributed by atoms with Crippen molar-refractivity contribution in [1.82, 2.24) is 5.32 Å². The van der Waals surface area contributed by atoms with Crippen LogP contribution in [0.3, 0.4) is 0 Å². The van der Waals surface area contributed by atoms with Gasteiger partial charge in [0.05, 0.1) is 6.61 Å². The Labute approximate surface area is 104 Å². The molecule has 0 saturated heterocycles. The Morgan fingerprint density at radius 2 is 2.06 bits per heavy atom. The summed E-state index contributed by atoms with van der Waals surface area (Å²) in [5.41, 5.74) is 8.09. The van der Waals surface area contributed by atoms with Crippen LogP contribution >= 0.6 is 0 Å². The number of hydrogen-bond acceptors (Lipinski definition) is 3. The molecule has 0 atom stereocenters.